The molecule has 1 N–H and O–H groups in total. The Kier molecular flexibility index (Phi) is 4.94. The van der Waals surface area contributed by atoms with Crippen LogP contribution in [0.5, 0.6) is 0 Å². The fourth-order valence-electron chi connectivity index (χ4n) is 2.07. The van der Waals surface area contributed by atoms with Crippen molar-refractivity contribution >= 4 is 15.8 Å². The monoisotopic (exact) mass is 263 g/mol. The average Bonchev–Trinajstić information content (AvgIpc) is 2.23. The Balaban J connectivity index is 2.64. The van der Waals surface area contributed by atoms with E-state index in [1.165, 1.54) is 7.11 Å². The zero-order valence-corrected chi connectivity index (χ0v) is 11.4. The second kappa shape index (κ2) is 5.82. The number of carbonyl (C=O) groups excluding carboxylic acids is 1. The standard InChI is InChI=1S/C11H21NO4S/c1-8(2)10(11(13)16-3)12-9-5-4-6-17(14,15)7-9/h8-10,12H,4-7H2,1-3H3/t9?,10-/m0/s1. The lowest BCUT2D eigenvalue weighted by atomic mass is 10.0. The van der Waals surface area contributed by atoms with Crippen LogP contribution in [0.15, 0.2) is 0 Å². The van der Waals surface area contributed by atoms with Crippen LogP contribution in [0, 0.1) is 5.92 Å². The quantitative estimate of drug-likeness (QED) is 0.741. The van der Waals surface area contributed by atoms with Crippen LogP contribution in [0.4, 0.5) is 0 Å². The van der Waals surface area contributed by atoms with Crippen molar-refractivity contribution in [3.8, 4) is 0 Å². The highest BCUT2D eigenvalue weighted by Crippen LogP contribution is 2.14. The highest BCUT2D eigenvalue weighted by atomic mass is 32.2. The van der Waals surface area contributed by atoms with Gasteiger partial charge >= 0.3 is 5.97 Å². The Labute approximate surface area is 103 Å². The topological polar surface area (TPSA) is 72.5 Å². The molecule has 1 fully saturated rings. The van der Waals surface area contributed by atoms with E-state index < -0.39 is 15.9 Å². The summed E-state index contributed by atoms with van der Waals surface area (Å²) in [4.78, 5) is 11.6. The van der Waals surface area contributed by atoms with Gasteiger partial charge in [-0.1, -0.05) is 13.8 Å². The summed E-state index contributed by atoms with van der Waals surface area (Å²) in [5.74, 6) is 0.123. The van der Waals surface area contributed by atoms with E-state index in [2.05, 4.69) is 5.32 Å². The van der Waals surface area contributed by atoms with Gasteiger partial charge in [-0.05, 0) is 18.8 Å². The van der Waals surface area contributed by atoms with E-state index in [-0.39, 0.29) is 29.4 Å². The van der Waals surface area contributed by atoms with Gasteiger partial charge in [0, 0.05) is 6.04 Å². The van der Waals surface area contributed by atoms with Gasteiger partial charge in [0.05, 0.1) is 18.6 Å². The molecule has 0 radical (unpaired) electrons. The van der Waals surface area contributed by atoms with Crippen molar-refractivity contribution < 1.29 is 17.9 Å². The number of carbonyl (C=O) groups is 1. The molecule has 0 aromatic carbocycles. The number of hydrogen-bond donors (Lipinski definition) is 1. The third kappa shape index (κ3) is 4.27. The maximum atomic E-state index is 11.6. The van der Waals surface area contributed by atoms with Crippen LogP contribution in [-0.4, -0.2) is 45.1 Å². The first kappa shape index (κ1) is 14.4. The van der Waals surface area contributed by atoms with E-state index in [0.29, 0.717) is 6.42 Å². The van der Waals surface area contributed by atoms with Crippen molar-refractivity contribution in [3.63, 3.8) is 0 Å². The molecule has 6 heteroatoms. The van der Waals surface area contributed by atoms with Gasteiger partial charge in [0.25, 0.3) is 0 Å². The minimum atomic E-state index is -2.95. The van der Waals surface area contributed by atoms with Crippen molar-refractivity contribution in [2.45, 2.75) is 38.8 Å². The van der Waals surface area contributed by atoms with Gasteiger partial charge in [-0.3, -0.25) is 4.79 Å². The van der Waals surface area contributed by atoms with E-state index in [1.54, 1.807) is 0 Å². The fraction of sp³-hybridized carbons (Fsp3) is 0.909. The van der Waals surface area contributed by atoms with E-state index in [4.69, 9.17) is 4.74 Å². The minimum absolute atomic E-state index is 0.0760. The lowest BCUT2D eigenvalue weighted by Gasteiger charge is -2.28. The van der Waals surface area contributed by atoms with Gasteiger partial charge in [0.15, 0.2) is 9.84 Å². The van der Waals surface area contributed by atoms with Gasteiger partial charge in [-0.15, -0.1) is 0 Å². The summed E-state index contributed by atoms with van der Waals surface area (Å²) in [6.45, 7) is 3.82. The van der Waals surface area contributed by atoms with Crippen LogP contribution >= 0.6 is 0 Å². The predicted octanol–water partition coefficient (Wildman–Crippen LogP) is 0.351. The molecular formula is C11H21NO4S. The molecule has 100 valence electrons. The predicted molar refractivity (Wildman–Crippen MR) is 65.5 cm³/mol. The average molecular weight is 263 g/mol. The van der Waals surface area contributed by atoms with Crippen LogP contribution in [0.3, 0.4) is 0 Å². The summed E-state index contributed by atoms with van der Waals surface area (Å²) in [5, 5.41) is 3.11. The van der Waals surface area contributed by atoms with Gasteiger partial charge < -0.3 is 10.1 Å². The lowest BCUT2D eigenvalue weighted by molar-refractivity contribution is -0.144. The van der Waals surface area contributed by atoms with E-state index >= 15 is 0 Å². The summed E-state index contributed by atoms with van der Waals surface area (Å²) in [7, 11) is -1.61. The molecule has 1 rings (SSSR count). The van der Waals surface area contributed by atoms with E-state index in [9.17, 15) is 13.2 Å². The molecule has 2 atom stereocenters. The van der Waals surface area contributed by atoms with Gasteiger partial charge in [-0.2, -0.15) is 0 Å². The molecular weight excluding hydrogens is 242 g/mol. The Bertz CT molecular complexity index is 364. The maximum Gasteiger partial charge on any atom is 0.323 e. The molecule has 0 aromatic rings. The molecule has 17 heavy (non-hydrogen) atoms. The largest absolute Gasteiger partial charge is 0.468 e. The molecule has 0 spiro atoms. The first-order valence-corrected chi connectivity index (χ1v) is 7.72. The maximum absolute atomic E-state index is 11.6. The fourth-order valence-corrected chi connectivity index (χ4v) is 3.72. The molecule has 0 bridgehead atoms. The van der Waals surface area contributed by atoms with Crippen molar-refractivity contribution in [1.82, 2.24) is 5.32 Å². The summed E-state index contributed by atoms with van der Waals surface area (Å²) in [6, 6.07) is -0.571. The molecule has 1 unspecified atom stereocenters. The van der Waals surface area contributed by atoms with Crippen LogP contribution in [0.1, 0.15) is 26.7 Å². The number of sulfone groups is 1. The highest BCUT2D eigenvalue weighted by Gasteiger charge is 2.30. The SMILES string of the molecule is COC(=O)[C@@H](NC1CCCS(=O)(=O)C1)C(C)C. The number of esters is 1. The Morgan fingerprint density at radius 1 is 1.41 bits per heavy atom. The van der Waals surface area contributed by atoms with Crippen molar-refractivity contribution in [2.24, 2.45) is 5.92 Å². The minimum Gasteiger partial charge on any atom is -0.468 e. The number of rotatable bonds is 4. The van der Waals surface area contributed by atoms with E-state index in [0.717, 1.165) is 6.42 Å². The Morgan fingerprint density at radius 3 is 2.53 bits per heavy atom. The number of methoxy groups -OCH3 is 1. The van der Waals surface area contributed by atoms with Crippen LogP contribution < -0.4 is 5.32 Å². The van der Waals surface area contributed by atoms with Gasteiger partial charge in [-0.25, -0.2) is 8.42 Å². The molecule has 0 saturated carbocycles. The zero-order chi connectivity index (χ0) is 13.1. The summed E-state index contributed by atoms with van der Waals surface area (Å²) in [6.07, 6.45) is 1.45. The number of ether oxygens (including phenoxy) is 1. The van der Waals surface area contributed by atoms with Crippen LogP contribution in [0.25, 0.3) is 0 Å². The highest BCUT2D eigenvalue weighted by molar-refractivity contribution is 7.91. The van der Waals surface area contributed by atoms with Crippen molar-refractivity contribution in [3.05, 3.63) is 0 Å². The Hall–Kier alpha value is -0.620. The number of hydrogen-bond acceptors (Lipinski definition) is 5. The van der Waals surface area contributed by atoms with Gasteiger partial charge in [0.1, 0.15) is 6.04 Å². The molecule has 0 aliphatic carbocycles. The van der Waals surface area contributed by atoms with Gasteiger partial charge in [0.2, 0.25) is 0 Å². The molecule has 1 saturated heterocycles. The second-order valence-electron chi connectivity index (χ2n) is 4.87. The van der Waals surface area contributed by atoms with Crippen molar-refractivity contribution in [2.75, 3.05) is 18.6 Å². The molecule has 0 amide bonds. The summed E-state index contributed by atoms with van der Waals surface area (Å²) < 4.78 is 27.7. The van der Waals surface area contributed by atoms with Crippen molar-refractivity contribution in [1.29, 1.82) is 0 Å². The molecule has 1 aliphatic rings. The Morgan fingerprint density at radius 2 is 2.06 bits per heavy atom. The molecule has 1 aliphatic heterocycles. The van der Waals surface area contributed by atoms with E-state index in [1.807, 2.05) is 13.8 Å². The lowest BCUT2D eigenvalue weighted by Crippen LogP contribution is -2.51. The molecule has 0 aromatic heterocycles. The molecule has 1 heterocycles. The second-order valence-corrected chi connectivity index (χ2v) is 7.09. The normalized spacial score (nSPS) is 25.5. The summed E-state index contributed by atoms with van der Waals surface area (Å²) in [5.41, 5.74) is 0. The smallest absolute Gasteiger partial charge is 0.323 e. The first-order valence-electron chi connectivity index (χ1n) is 5.90. The molecule has 5 nitrogen and oxygen atoms in total. The third-order valence-electron chi connectivity index (χ3n) is 3.00. The summed E-state index contributed by atoms with van der Waals surface area (Å²) >= 11 is 0. The number of nitrogens with one attached hydrogen (secondary N) is 1. The first-order chi connectivity index (χ1) is 7.85. The third-order valence-corrected chi connectivity index (χ3v) is 4.82. The zero-order valence-electron chi connectivity index (χ0n) is 10.6. The van der Waals surface area contributed by atoms with Crippen LogP contribution in [-0.2, 0) is 19.4 Å². The van der Waals surface area contributed by atoms with Crippen LogP contribution in [0.2, 0.25) is 0 Å².